The van der Waals surface area contributed by atoms with Gasteiger partial charge in [-0.2, -0.15) is 0 Å². The molecule has 0 aromatic carbocycles. The first-order valence-electron chi connectivity index (χ1n) is 8.06. The second kappa shape index (κ2) is 7.19. The topological polar surface area (TPSA) is 29.1 Å². The van der Waals surface area contributed by atoms with Crippen molar-refractivity contribution >= 4 is 41.7 Å². The summed E-state index contributed by atoms with van der Waals surface area (Å²) in [6.45, 7) is 4.41. The Balaban J connectivity index is 2.09. The Morgan fingerprint density at radius 3 is 2.50 bits per heavy atom. The lowest BCUT2D eigenvalue weighted by Gasteiger charge is -2.35. The molecule has 1 atom stereocenters. The van der Waals surface area contributed by atoms with Crippen molar-refractivity contribution in [2.24, 2.45) is 11.3 Å². The third kappa shape index (κ3) is 4.24. The van der Waals surface area contributed by atoms with Gasteiger partial charge in [0.2, 0.25) is 5.91 Å². The molecular weight excluding hydrogens is 337 g/mol. The van der Waals surface area contributed by atoms with Gasteiger partial charge in [-0.05, 0) is 37.7 Å². The van der Waals surface area contributed by atoms with Crippen LogP contribution in [0.2, 0.25) is 0 Å². The van der Waals surface area contributed by atoms with Crippen LogP contribution < -0.4 is 5.32 Å². The van der Waals surface area contributed by atoms with Crippen LogP contribution in [0.25, 0.3) is 0 Å². The summed E-state index contributed by atoms with van der Waals surface area (Å²) < 4.78 is 0. The Kier molecular flexibility index (Phi) is 5.95. The monoisotopic (exact) mass is 361 g/mol. The van der Waals surface area contributed by atoms with Gasteiger partial charge in [0.15, 0.2) is 0 Å². The van der Waals surface area contributed by atoms with Crippen molar-refractivity contribution in [2.45, 2.75) is 63.7 Å². The molecule has 2 aliphatic rings. The van der Waals surface area contributed by atoms with Crippen molar-refractivity contribution < 1.29 is 4.79 Å². The summed E-state index contributed by atoms with van der Waals surface area (Å²) in [4.78, 5) is 12.2. The summed E-state index contributed by atoms with van der Waals surface area (Å²) in [5, 5.41) is 4.09. The molecule has 1 amide bonds. The lowest BCUT2D eigenvalue weighted by Crippen LogP contribution is -2.49. The Morgan fingerprint density at radius 1 is 1.32 bits per heavy atom. The minimum Gasteiger partial charge on any atom is -0.338 e. The van der Waals surface area contributed by atoms with Gasteiger partial charge < -0.3 is 5.32 Å². The quantitative estimate of drug-likeness (QED) is 0.499. The second-order valence-corrected chi connectivity index (χ2v) is 8.66. The summed E-state index contributed by atoms with van der Waals surface area (Å²) in [5.41, 5.74) is -0.231. The van der Waals surface area contributed by atoms with E-state index in [0.29, 0.717) is 22.4 Å². The number of carbonyl (C=O) groups excluding carboxylic acids is 1. The van der Waals surface area contributed by atoms with E-state index in [0.717, 1.165) is 38.5 Å². The summed E-state index contributed by atoms with van der Waals surface area (Å²) in [6, 6.07) is 0. The van der Waals surface area contributed by atoms with E-state index in [1.54, 1.807) is 6.08 Å². The molecule has 0 saturated heterocycles. The van der Waals surface area contributed by atoms with Crippen LogP contribution in [0.4, 0.5) is 0 Å². The van der Waals surface area contributed by atoms with Crippen LogP contribution in [0.3, 0.4) is 0 Å². The highest BCUT2D eigenvalue weighted by atomic mass is 35.5. The Labute approximate surface area is 149 Å². The summed E-state index contributed by atoms with van der Waals surface area (Å²) in [7, 11) is 0. The zero-order valence-electron chi connectivity index (χ0n) is 13.3. The molecule has 0 bridgehead atoms. The molecular formula is C17H25Cl2NOS. The third-order valence-electron chi connectivity index (χ3n) is 4.76. The molecule has 124 valence electrons. The fourth-order valence-corrected chi connectivity index (χ4v) is 4.10. The molecule has 1 unspecified atom stereocenters. The number of carbonyl (C=O) groups is 1. The minimum absolute atomic E-state index is 0.118. The lowest BCUT2D eigenvalue weighted by molar-refractivity contribution is -0.132. The number of halogens is 2. The summed E-state index contributed by atoms with van der Waals surface area (Å²) in [6.07, 6.45) is 10.4. The largest absolute Gasteiger partial charge is 0.338 e. The van der Waals surface area contributed by atoms with Gasteiger partial charge in [0.25, 0.3) is 0 Å². The molecule has 0 aliphatic heterocycles. The zero-order valence-corrected chi connectivity index (χ0v) is 15.7. The number of rotatable bonds is 5. The van der Waals surface area contributed by atoms with E-state index >= 15 is 0 Å². The molecule has 2 rings (SSSR count). The number of thiol groups is 1. The van der Waals surface area contributed by atoms with Gasteiger partial charge in [-0.3, -0.25) is 4.79 Å². The molecule has 0 heterocycles. The SMILES string of the molecule is CC(C)CCC1(C(=O)NC2(S)C=C(Cl)C(Cl)=CC2)CCCC1. The number of amides is 1. The Morgan fingerprint density at radius 2 is 1.95 bits per heavy atom. The van der Waals surface area contributed by atoms with Crippen molar-refractivity contribution in [1.29, 1.82) is 0 Å². The van der Waals surface area contributed by atoms with Crippen LogP contribution in [0.5, 0.6) is 0 Å². The average molecular weight is 362 g/mol. The fourth-order valence-electron chi connectivity index (χ4n) is 3.30. The summed E-state index contributed by atoms with van der Waals surface area (Å²) in [5.74, 6) is 0.730. The molecule has 22 heavy (non-hydrogen) atoms. The van der Waals surface area contributed by atoms with Gasteiger partial charge in [-0.15, -0.1) is 12.6 Å². The van der Waals surface area contributed by atoms with E-state index in [1.165, 1.54) is 0 Å². The van der Waals surface area contributed by atoms with Crippen molar-refractivity contribution in [3.05, 3.63) is 22.2 Å². The molecule has 1 N–H and O–H groups in total. The van der Waals surface area contributed by atoms with Crippen LogP contribution in [-0.4, -0.2) is 10.8 Å². The first kappa shape index (κ1) is 18.2. The fraction of sp³-hybridized carbons (Fsp3) is 0.706. The molecule has 2 nitrogen and oxygen atoms in total. The molecule has 0 aromatic rings. The van der Waals surface area contributed by atoms with Crippen molar-refractivity contribution in [1.82, 2.24) is 5.32 Å². The van der Waals surface area contributed by atoms with Gasteiger partial charge >= 0.3 is 0 Å². The third-order valence-corrected chi connectivity index (χ3v) is 5.95. The number of hydrogen-bond donors (Lipinski definition) is 2. The first-order valence-corrected chi connectivity index (χ1v) is 9.26. The van der Waals surface area contributed by atoms with Gasteiger partial charge in [0, 0.05) is 11.8 Å². The van der Waals surface area contributed by atoms with Crippen LogP contribution in [0.15, 0.2) is 22.2 Å². The normalized spacial score (nSPS) is 27.5. The van der Waals surface area contributed by atoms with E-state index < -0.39 is 4.87 Å². The maximum absolute atomic E-state index is 13.0. The highest BCUT2D eigenvalue weighted by molar-refractivity contribution is 7.82. The zero-order chi connectivity index (χ0) is 16.4. The Hall–Kier alpha value is -0.120. The lowest BCUT2D eigenvalue weighted by atomic mass is 9.78. The Bertz CT molecular complexity index is 495. The highest BCUT2D eigenvalue weighted by Gasteiger charge is 2.43. The highest BCUT2D eigenvalue weighted by Crippen LogP contribution is 2.44. The predicted octanol–water partition coefficient (Wildman–Crippen LogP) is 5.37. The summed E-state index contributed by atoms with van der Waals surface area (Å²) >= 11 is 16.7. The molecule has 5 heteroatoms. The first-order chi connectivity index (χ1) is 10.3. The van der Waals surface area contributed by atoms with Crippen molar-refractivity contribution in [3.63, 3.8) is 0 Å². The van der Waals surface area contributed by atoms with E-state index in [-0.39, 0.29) is 11.3 Å². The van der Waals surface area contributed by atoms with Gasteiger partial charge in [-0.1, -0.05) is 56.0 Å². The predicted molar refractivity (Wildman–Crippen MR) is 97.3 cm³/mol. The maximum Gasteiger partial charge on any atom is 0.227 e. The van der Waals surface area contributed by atoms with Crippen LogP contribution >= 0.6 is 35.8 Å². The van der Waals surface area contributed by atoms with Crippen molar-refractivity contribution in [2.75, 3.05) is 0 Å². The van der Waals surface area contributed by atoms with Gasteiger partial charge in [0.1, 0.15) is 4.87 Å². The standard InChI is InChI=1S/C17H25Cl2NOS/c1-12(2)5-9-16(7-3-4-8-16)15(21)20-17(22)10-6-13(18)14(19)11-17/h6,11-12,22H,3-5,7-10H2,1-2H3,(H,20,21). The van der Waals surface area contributed by atoms with E-state index in [9.17, 15) is 4.79 Å². The molecule has 2 aliphatic carbocycles. The van der Waals surface area contributed by atoms with E-state index in [4.69, 9.17) is 23.2 Å². The smallest absolute Gasteiger partial charge is 0.227 e. The minimum atomic E-state index is -0.736. The molecule has 0 radical (unpaired) electrons. The molecule has 1 fully saturated rings. The van der Waals surface area contributed by atoms with Crippen LogP contribution in [0.1, 0.15) is 58.8 Å². The van der Waals surface area contributed by atoms with Gasteiger partial charge in [0.05, 0.1) is 10.1 Å². The van der Waals surface area contributed by atoms with Crippen molar-refractivity contribution in [3.8, 4) is 0 Å². The van der Waals surface area contributed by atoms with Crippen LogP contribution in [0, 0.1) is 11.3 Å². The number of allylic oxidation sites excluding steroid dienone is 2. The molecule has 1 saturated carbocycles. The molecule has 0 aromatic heterocycles. The van der Waals surface area contributed by atoms with Crippen LogP contribution in [-0.2, 0) is 4.79 Å². The molecule has 0 spiro atoms. The average Bonchev–Trinajstić information content (AvgIpc) is 2.91. The van der Waals surface area contributed by atoms with Gasteiger partial charge in [-0.25, -0.2) is 0 Å². The maximum atomic E-state index is 13.0. The van der Waals surface area contributed by atoms with E-state index in [2.05, 4.69) is 31.8 Å². The van der Waals surface area contributed by atoms with E-state index in [1.807, 2.05) is 6.08 Å². The second-order valence-electron chi connectivity index (χ2n) is 7.05. The number of nitrogens with one attached hydrogen (secondary N) is 1. The number of hydrogen-bond acceptors (Lipinski definition) is 2.